The quantitative estimate of drug-likeness (QED) is 0.738. The van der Waals surface area contributed by atoms with E-state index in [-0.39, 0.29) is 5.02 Å². The number of nitrogens with one attached hydrogen (secondary N) is 1. The lowest BCUT2D eigenvalue weighted by Gasteiger charge is -2.05. The SMILES string of the molecule is Fc1cc2[nH]c(=S)n(CCc3ccncc3)c2cc1Cl. The summed E-state index contributed by atoms with van der Waals surface area (Å²) < 4.78 is 15.9. The van der Waals surface area contributed by atoms with Crippen LogP contribution in [0.4, 0.5) is 4.39 Å². The molecule has 20 heavy (non-hydrogen) atoms. The fourth-order valence-electron chi connectivity index (χ4n) is 2.16. The fraction of sp³-hybridized carbons (Fsp3) is 0.143. The summed E-state index contributed by atoms with van der Waals surface area (Å²) in [6.07, 6.45) is 4.34. The highest BCUT2D eigenvalue weighted by Crippen LogP contribution is 2.23. The molecule has 0 fully saturated rings. The van der Waals surface area contributed by atoms with E-state index in [2.05, 4.69) is 9.97 Å². The van der Waals surface area contributed by atoms with Crippen molar-refractivity contribution in [2.24, 2.45) is 0 Å². The molecule has 0 radical (unpaired) electrons. The summed E-state index contributed by atoms with van der Waals surface area (Å²) in [5.41, 5.74) is 2.64. The number of pyridine rings is 1. The minimum absolute atomic E-state index is 0.101. The average molecular weight is 308 g/mol. The number of aryl methyl sites for hydroxylation is 2. The average Bonchev–Trinajstić information content (AvgIpc) is 2.73. The molecule has 3 rings (SSSR count). The van der Waals surface area contributed by atoms with Crippen LogP contribution in [0.2, 0.25) is 5.02 Å². The van der Waals surface area contributed by atoms with Gasteiger partial charge in [0.15, 0.2) is 4.77 Å². The van der Waals surface area contributed by atoms with Gasteiger partial charge in [-0.25, -0.2) is 4.39 Å². The molecule has 1 N–H and O–H groups in total. The lowest BCUT2D eigenvalue weighted by atomic mass is 10.2. The van der Waals surface area contributed by atoms with Gasteiger partial charge in [0.2, 0.25) is 0 Å². The summed E-state index contributed by atoms with van der Waals surface area (Å²) in [4.78, 5) is 6.98. The van der Waals surface area contributed by atoms with E-state index in [0.29, 0.717) is 16.8 Å². The Morgan fingerprint density at radius 2 is 2.05 bits per heavy atom. The number of hydrogen-bond donors (Lipinski definition) is 1. The van der Waals surface area contributed by atoms with Crippen molar-refractivity contribution in [3.05, 3.63) is 57.8 Å². The molecule has 0 spiro atoms. The highest BCUT2D eigenvalue weighted by Gasteiger charge is 2.09. The zero-order valence-electron chi connectivity index (χ0n) is 10.4. The molecule has 0 saturated heterocycles. The molecular formula is C14H11ClFN3S. The van der Waals surface area contributed by atoms with Gasteiger partial charge in [0.25, 0.3) is 0 Å². The normalized spacial score (nSPS) is 11.1. The molecule has 0 saturated carbocycles. The van der Waals surface area contributed by atoms with Crippen molar-refractivity contribution in [2.75, 3.05) is 0 Å². The fourth-order valence-corrected chi connectivity index (χ4v) is 2.62. The maximum Gasteiger partial charge on any atom is 0.178 e. The number of aromatic amines is 1. The third-order valence-corrected chi connectivity index (χ3v) is 3.80. The molecule has 0 aliphatic carbocycles. The van der Waals surface area contributed by atoms with Crippen molar-refractivity contribution in [3.63, 3.8) is 0 Å². The highest BCUT2D eigenvalue weighted by molar-refractivity contribution is 7.71. The van der Waals surface area contributed by atoms with E-state index >= 15 is 0 Å². The number of halogens is 2. The Hall–Kier alpha value is -1.72. The van der Waals surface area contributed by atoms with Crippen LogP contribution in [0.5, 0.6) is 0 Å². The third kappa shape index (κ3) is 2.46. The molecule has 3 nitrogen and oxygen atoms in total. The van der Waals surface area contributed by atoms with Gasteiger partial charge >= 0.3 is 0 Å². The van der Waals surface area contributed by atoms with E-state index in [1.807, 2.05) is 16.7 Å². The van der Waals surface area contributed by atoms with Gasteiger partial charge in [-0.05, 0) is 42.4 Å². The van der Waals surface area contributed by atoms with Gasteiger partial charge < -0.3 is 9.55 Å². The maximum atomic E-state index is 13.4. The first kappa shape index (κ1) is 13.3. The van der Waals surface area contributed by atoms with Crippen molar-refractivity contribution in [2.45, 2.75) is 13.0 Å². The summed E-state index contributed by atoms with van der Waals surface area (Å²) >= 11 is 11.1. The standard InChI is InChI=1S/C14H11ClFN3S/c15-10-7-13-12(8-11(10)16)18-14(20)19(13)6-3-9-1-4-17-5-2-9/h1-2,4-5,7-8H,3,6H2,(H,18,20). The van der Waals surface area contributed by atoms with Crippen LogP contribution in [0.25, 0.3) is 11.0 Å². The Morgan fingerprint density at radius 1 is 1.30 bits per heavy atom. The van der Waals surface area contributed by atoms with E-state index in [1.54, 1.807) is 18.5 Å². The minimum atomic E-state index is -0.447. The Bertz CT molecular complexity index is 810. The second-order valence-corrected chi connectivity index (χ2v) is 5.26. The van der Waals surface area contributed by atoms with Gasteiger partial charge in [0.1, 0.15) is 5.82 Å². The van der Waals surface area contributed by atoms with Crippen LogP contribution in [-0.4, -0.2) is 14.5 Å². The number of aromatic nitrogens is 3. The summed E-state index contributed by atoms with van der Waals surface area (Å²) in [5.74, 6) is -0.447. The van der Waals surface area contributed by atoms with E-state index in [9.17, 15) is 4.39 Å². The molecule has 3 aromatic rings. The molecule has 1 aromatic carbocycles. The summed E-state index contributed by atoms with van der Waals surface area (Å²) in [7, 11) is 0. The predicted octanol–water partition coefficient (Wildman–Crippen LogP) is 4.13. The zero-order valence-corrected chi connectivity index (χ0v) is 12.0. The molecule has 0 aliphatic heterocycles. The molecule has 0 amide bonds. The molecule has 2 aromatic heterocycles. The molecule has 2 heterocycles. The minimum Gasteiger partial charge on any atom is -0.330 e. The van der Waals surface area contributed by atoms with Crippen LogP contribution >= 0.6 is 23.8 Å². The smallest absolute Gasteiger partial charge is 0.178 e. The van der Waals surface area contributed by atoms with Crippen LogP contribution < -0.4 is 0 Å². The van der Waals surface area contributed by atoms with Crippen molar-refractivity contribution >= 4 is 34.9 Å². The van der Waals surface area contributed by atoms with Gasteiger partial charge in [0, 0.05) is 25.0 Å². The second kappa shape index (κ2) is 5.34. The number of hydrogen-bond acceptors (Lipinski definition) is 2. The molecule has 6 heteroatoms. The predicted molar refractivity (Wildman–Crippen MR) is 80.0 cm³/mol. The van der Waals surface area contributed by atoms with Crippen molar-refractivity contribution in [1.82, 2.24) is 14.5 Å². The van der Waals surface area contributed by atoms with Crippen LogP contribution in [-0.2, 0) is 13.0 Å². The lowest BCUT2D eigenvalue weighted by molar-refractivity contribution is 0.629. The van der Waals surface area contributed by atoms with Crippen molar-refractivity contribution < 1.29 is 4.39 Å². The van der Waals surface area contributed by atoms with Crippen LogP contribution in [0.3, 0.4) is 0 Å². The molecular weight excluding hydrogens is 297 g/mol. The summed E-state index contributed by atoms with van der Waals surface area (Å²) in [6, 6.07) is 6.90. The van der Waals surface area contributed by atoms with E-state index in [0.717, 1.165) is 11.9 Å². The topological polar surface area (TPSA) is 33.6 Å². The van der Waals surface area contributed by atoms with Crippen LogP contribution in [0.1, 0.15) is 5.56 Å². The van der Waals surface area contributed by atoms with Crippen molar-refractivity contribution in [1.29, 1.82) is 0 Å². The Kier molecular flexibility index (Phi) is 3.54. The first-order chi connectivity index (χ1) is 9.65. The number of nitrogens with zero attached hydrogens (tertiary/aromatic N) is 2. The Morgan fingerprint density at radius 3 is 2.80 bits per heavy atom. The Labute approximate surface area is 125 Å². The van der Waals surface area contributed by atoms with Crippen LogP contribution in [0, 0.1) is 10.6 Å². The van der Waals surface area contributed by atoms with Gasteiger partial charge in [-0.15, -0.1) is 0 Å². The van der Waals surface area contributed by atoms with E-state index in [4.69, 9.17) is 23.8 Å². The number of benzene rings is 1. The zero-order chi connectivity index (χ0) is 14.1. The first-order valence-electron chi connectivity index (χ1n) is 6.11. The number of imidazole rings is 1. The van der Waals surface area contributed by atoms with Gasteiger partial charge in [-0.2, -0.15) is 0 Å². The largest absolute Gasteiger partial charge is 0.330 e. The van der Waals surface area contributed by atoms with Gasteiger partial charge in [-0.3, -0.25) is 4.98 Å². The monoisotopic (exact) mass is 307 g/mol. The number of fused-ring (bicyclic) bond motifs is 1. The molecule has 0 unspecified atom stereocenters. The Balaban J connectivity index is 1.97. The number of rotatable bonds is 3. The van der Waals surface area contributed by atoms with Crippen LogP contribution in [0.15, 0.2) is 36.7 Å². The maximum absolute atomic E-state index is 13.4. The van der Waals surface area contributed by atoms with Crippen molar-refractivity contribution in [3.8, 4) is 0 Å². The molecule has 0 aliphatic rings. The summed E-state index contributed by atoms with van der Waals surface area (Å²) in [5, 5.41) is 0.101. The molecule has 0 bridgehead atoms. The highest BCUT2D eigenvalue weighted by atomic mass is 35.5. The molecule has 0 atom stereocenters. The lowest BCUT2D eigenvalue weighted by Crippen LogP contribution is -2.01. The molecule has 102 valence electrons. The van der Waals surface area contributed by atoms with Gasteiger partial charge in [-0.1, -0.05) is 11.6 Å². The number of H-pyrrole nitrogens is 1. The van der Waals surface area contributed by atoms with E-state index in [1.165, 1.54) is 11.6 Å². The van der Waals surface area contributed by atoms with E-state index < -0.39 is 5.82 Å². The second-order valence-electron chi connectivity index (χ2n) is 4.47. The summed E-state index contributed by atoms with van der Waals surface area (Å²) in [6.45, 7) is 0.699. The first-order valence-corrected chi connectivity index (χ1v) is 6.90. The third-order valence-electron chi connectivity index (χ3n) is 3.19. The van der Waals surface area contributed by atoms with Gasteiger partial charge in [0.05, 0.1) is 16.1 Å².